The highest BCUT2D eigenvalue weighted by atomic mass is 16.5. The van der Waals surface area contributed by atoms with Gasteiger partial charge in [-0.1, -0.05) is 6.07 Å². The molecule has 0 radical (unpaired) electrons. The van der Waals surface area contributed by atoms with Crippen LogP contribution in [0.2, 0.25) is 0 Å². The summed E-state index contributed by atoms with van der Waals surface area (Å²) in [6.07, 6.45) is -0.320. The van der Waals surface area contributed by atoms with Gasteiger partial charge in [-0.2, -0.15) is 0 Å². The number of rotatable bonds is 3. The van der Waals surface area contributed by atoms with Crippen LogP contribution in [0, 0.1) is 0 Å². The number of benzene rings is 1. The van der Waals surface area contributed by atoms with Gasteiger partial charge in [-0.05, 0) is 23.2 Å². The molecule has 1 aromatic carbocycles. The van der Waals surface area contributed by atoms with Crippen LogP contribution in [0.5, 0.6) is 5.75 Å². The highest BCUT2D eigenvalue weighted by Gasteiger charge is 2.34. The van der Waals surface area contributed by atoms with E-state index in [2.05, 4.69) is 0 Å². The molecule has 0 fully saturated rings. The molecule has 1 atom stereocenters. The zero-order chi connectivity index (χ0) is 12.4. The van der Waals surface area contributed by atoms with Crippen molar-refractivity contribution in [3.05, 3.63) is 23.8 Å². The molecule has 2 rings (SSSR count). The van der Waals surface area contributed by atoms with Crippen LogP contribution in [-0.2, 0) is 9.45 Å². The van der Waals surface area contributed by atoms with Crippen LogP contribution in [0.3, 0.4) is 0 Å². The molecule has 5 N–H and O–H groups in total. The third kappa shape index (κ3) is 2.32. The van der Waals surface area contributed by atoms with Gasteiger partial charge in [-0.3, -0.25) is 4.79 Å². The van der Waals surface area contributed by atoms with Crippen molar-refractivity contribution in [1.29, 1.82) is 0 Å². The second kappa shape index (κ2) is 4.85. The third-order valence-electron chi connectivity index (χ3n) is 2.58. The Balaban J connectivity index is 2.25. The summed E-state index contributed by atoms with van der Waals surface area (Å²) in [5.74, 6) is -0.201. The summed E-state index contributed by atoms with van der Waals surface area (Å²) >= 11 is 0. The highest BCUT2D eigenvalue weighted by Crippen LogP contribution is 2.24. The van der Waals surface area contributed by atoms with E-state index in [1.54, 1.807) is 18.2 Å². The minimum atomic E-state index is -1.03. The van der Waals surface area contributed by atoms with Crippen LogP contribution in [0.4, 0.5) is 0 Å². The molecule has 90 valence electrons. The number of esters is 1. The Morgan fingerprint density at radius 1 is 1.53 bits per heavy atom. The molecule has 1 aromatic rings. The monoisotopic (exact) mass is 236 g/mol. The predicted molar refractivity (Wildman–Crippen MR) is 61.6 cm³/mol. The topological polar surface area (TPSA) is 108 Å². The predicted octanol–water partition coefficient (Wildman–Crippen LogP) is -1.73. The fourth-order valence-electron chi connectivity index (χ4n) is 1.78. The van der Waals surface area contributed by atoms with Gasteiger partial charge < -0.3 is 25.9 Å². The summed E-state index contributed by atoms with van der Waals surface area (Å²) in [5.41, 5.74) is 12.0. The molecule has 17 heavy (non-hydrogen) atoms. The third-order valence-corrected chi connectivity index (χ3v) is 2.58. The van der Waals surface area contributed by atoms with Crippen LogP contribution < -0.4 is 21.7 Å². The Morgan fingerprint density at radius 3 is 2.94 bits per heavy atom. The lowest BCUT2D eigenvalue weighted by atomic mass is 9.79. The van der Waals surface area contributed by atoms with E-state index in [0.717, 1.165) is 5.56 Å². The van der Waals surface area contributed by atoms with Crippen LogP contribution >= 0.6 is 0 Å². The van der Waals surface area contributed by atoms with Gasteiger partial charge in [0.1, 0.15) is 5.75 Å². The lowest BCUT2D eigenvalue weighted by molar-refractivity contribution is -0.132. The SMILES string of the molecule is NCC(=O)Oc1ccc2c(c1)B(O)OC2CN. The Hall–Kier alpha value is -1.41. The van der Waals surface area contributed by atoms with E-state index in [4.69, 9.17) is 20.9 Å². The van der Waals surface area contributed by atoms with E-state index in [1.807, 2.05) is 0 Å². The van der Waals surface area contributed by atoms with Gasteiger partial charge in [0.2, 0.25) is 0 Å². The van der Waals surface area contributed by atoms with E-state index in [9.17, 15) is 9.82 Å². The van der Waals surface area contributed by atoms with Crippen molar-refractivity contribution < 1.29 is 19.2 Å². The molecule has 1 unspecified atom stereocenters. The van der Waals surface area contributed by atoms with E-state index < -0.39 is 13.1 Å². The summed E-state index contributed by atoms with van der Waals surface area (Å²) in [7, 11) is -1.03. The van der Waals surface area contributed by atoms with E-state index in [1.165, 1.54) is 0 Å². The maximum atomic E-state index is 11.0. The molecule has 0 amide bonds. The Kier molecular flexibility index (Phi) is 3.44. The van der Waals surface area contributed by atoms with E-state index >= 15 is 0 Å². The number of nitrogens with two attached hydrogens (primary N) is 2. The Morgan fingerprint density at radius 2 is 2.29 bits per heavy atom. The molecule has 0 spiro atoms. The molecule has 0 saturated carbocycles. The molecule has 0 aromatic heterocycles. The standard InChI is InChI=1S/C10H13BN2O4/c12-4-9-7-2-1-6(16-10(14)5-13)3-8(7)11(15)17-9/h1-3,9,15H,4-5,12-13H2. The van der Waals surface area contributed by atoms with Gasteiger partial charge >= 0.3 is 13.1 Å². The average Bonchev–Trinajstić information content (AvgIpc) is 2.66. The number of hydrogen-bond acceptors (Lipinski definition) is 6. The van der Waals surface area contributed by atoms with Crippen molar-refractivity contribution in [3.63, 3.8) is 0 Å². The minimum Gasteiger partial charge on any atom is -0.426 e. The van der Waals surface area contributed by atoms with Gasteiger partial charge in [-0.25, -0.2) is 0 Å². The van der Waals surface area contributed by atoms with Crippen molar-refractivity contribution in [3.8, 4) is 5.75 Å². The smallest absolute Gasteiger partial charge is 0.426 e. The normalized spacial score (nSPS) is 18.1. The maximum absolute atomic E-state index is 11.0. The van der Waals surface area contributed by atoms with Crippen LogP contribution in [0.15, 0.2) is 18.2 Å². The van der Waals surface area contributed by atoms with Gasteiger partial charge in [0, 0.05) is 6.54 Å². The number of fused-ring (bicyclic) bond motifs is 1. The quantitative estimate of drug-likeness (QED) is 0.327. The zero-order valence-electron chi connectivity index (χ0n) is 9.13. The van der Waals surface area contributed by atoms with Gasteiger partial charge in [0.25, 0.3) is 0 Å². The summed E-state index contributed by atoms with van der Waals surface area (Å²) in [6.45, 7) is 0.0908. The van der Waals surface area contributed by atoms with E-state index in [-0.39, 0.29) is 19.2 Å². The molecule has 7 heteroatoms. The lowest BCUT2D eigenvalue weighted by Gasteiger charge is -2.08. The van der Waals surface area contributed by atoms with Crippen molar-refractivity contribution in [2.75, 3.05) is 13.1 Å². The number of carbonyl (C=O) groups excluding carboxylic acids is 1. The highest BCUT2D eigenvalue weighted by molar-refractivity contribution is 6.61. The fraction of sp³-hybridized carbons (Fsp3) is 0.300. The van der Waals surface area contributed by atoms with Crippen LogP contribution in [0.25, 0.3) is 0 Å². The first-order valence-electron chi connectivity index (χ1n) is 5.24. The molecule has 0 bridgehead atoms. The number of carbonyl (C=O) groups is 1. The van der Waals surface area contributed by atoms with E-state index in [0.29, 0.717) is 11.2 Å². The van der Waals surface area contributed by atoms with Gasteiger partial charge in [0.05, 0.1) is 12.6 Å². The molecule has 0 aliphatic carbocycles. The molecule has 6 nitrogen and oxygen atoms in total. The molecule has 0 saturated heterocycles. The van der Waals surface area contributed by atoms with Crippen molar-refractivity contribution in [1.82, 2.24) is 0 Å². The zero-order valence-corrected chi connectivity index (χ0v) is 9.13. The molecule has 1 aliphatic rings. The second-order valence-electron chi connectivity index (χ2n) is 3.68. The Labute approximate surface area is 98.6 Å². The molecular formula is C10H13BN2O4. The summed E-state index contributed by atoms with van der Waals surface area (Å²) in [4.78, 5) is 11.0. The van der Waals surface area contributed by atoms with Gasteiger partial charge in [-0.15, -0.1) is 0 Å². The summed E-state index contributed by atoms with van der Waals surface area (Å²) in [5, 5.41) is 9.66. The first-order valence-corrected chi connectivity index (χ1v) is 5.24. The fourth-order valence-corrected chi connectivity index (χ4v) is 1.78. The largest absolute Gasteiger partial charge is 0.492 e. The number of hydrogen-bond donors (Lipinski definition) is 3. The molecule has 1 aliphatic heterocycles. The van der Waals surface area contributed by atoms with Crippen LogP contribution in [-0.4, -0.2) is 31.2 Å². The maximum Gasteiger partial charge on any atom is 0.492 e. The second-order valence-corrected chi connectivity index (χ2v) is 3.68. The first kappa shape index (κ1) is 12.1. The van der Waals surface area contributed by atoms with Crippen LogP contribution in [0.1, 0.15) is 11.7 Å². The van der Waals surface area contributed by atoms with Gasteiger partial charge in [0.15, 0.2) is 0 Å². The van der Waals surface area contributed by atoms with Crippen molar-refractivity contribution in [2.45, 2.75) is 6.10 Å². The summed E-state index contributed by atoms with van der Waals surface area (Å²) < 4.78 is 10.2. The van der Waals surface area contributed by atoms with Crippen molar-refractivity contribution >= 4 is 18.6 Å². The minimum absolute atomic E-state index is 0.193. The number of ether oxygens (including phenoxy) is 1. The Bertz CT molecular complexity index is 440. The lowest BCUT2D eigenvalue weighted by Crippen LogP contribution is -2.28. The average molecular weight is 236 g/mol. The van der Waals surface area contributed by atoms with Crippen molar-refractivity contribution in [2.24, 2.45) is 11.5 Å². The first-order chi connectivity index (χ1) is 8.15. The molecule has 1 heterocycles. The summed E-state index contributed by atoms with van der Waals surface area (Å²) in [6, 6.07) is 4.90. The molecular weight excluding hydrogens is 223 g/mol.